The summed E-state index contributed by atoms with van der Waals surface area (Å²) in [7, 11) is 5.12. The Bertz CT molecular complexity index is 744. The lowest BCUT2D eigenvalue weighted by atomic mass is 10.2. The summed E-state index contributed by atoms with van der Waals surface area (Å²) >= 11 is 0. The van der Waals surface area contributed by atoms with Gasteiger partial charge in [-0.15, -0.1) is 0 Å². The fraction of sp³-hybridized carbons (Fsp3) is 0.474. The van der Waals surface area contributed by atoms with E-state index in [1.165, 1.54) is 5.69 Å². The van der Waals surface area contributed by atoms with Crippen LogP contribution in [-0.4, -0.2) is 65.7 Å². The van der Waals surface area contributed by atoms with Crippen molar-refractivity contribution >= 4 is 5.91 Å². The topological polar surface area (TPSA) is 59.8 Å². The van der Waals surface area contributed by atoms with Gasteiger partial charge in [-0.2, -0.15) is 0 Å². The minimum atomic E-state index is -0.0600. The van der Waals surface area contributed by atoms with Crippen LogP contribution in [0.4, 0.5) is 0 Å². The first-order valence-corrected chi connectivity index (χ1v) is 8.73. The monoisotopic (exact) mass is 358 g/mol. The third kappa shape index (κ3) is 4.42. The number of rotatable bonds is 6. The summed E-state index contributed by atoms with van der Waals surface area (Å²) in [6.07, 6.45) is 3.73. The zero-order chi connectivity index (χ0) is 18.5. The van der Waals surface area contributed by atoms with Crippen molar-refractivity contribution < 1.29 is 14.3 Å². The lowest BCUT2D eigenvalue weighted by Gasteiger charge is -2.25. The van der Waals surface area contributed by atoms with Crippen LogP contribution in [-0.2, 0) is 29.2 Å². The van der Waals surface area contributed by atoms with Crippen molar-refractivity contribution in [2.75, 3.05) is 34.4 Å². The Morgan fingerprint density at radius 3 is 2.92 bits per heavy atom. The highest BCUT2D eigenvalue weighted by Gasteiger charge is 2.24. The first kappa shape index (κ1) is 18.4. The molecule has 1 aliphatic heterocycles. The summed E-state index contributed by atoms with van der Waals surface area (Å²) < 4.78 is 13.5. The molecule has 7 nitrogen and oxygen atoms in total. The zero-order valence-corrected chi connectivity index (χ0v) is 15.6. The predicted molar refractivity (Wildman–Crippen MR) is 97.8 cm³/mol. The molecule has 140 valence electrons. The Hall–Kier alpha value is -2.38. The van der Waals surface area contributed by atoms with Crippen LogP contribution in [0.15, 0.2) is 36.7 Å². The quantitative estimate of drug-likeness (QED) is 0.781. The Labute approximate surface area is 154 Å². The third-order valence-corrected chi connectivity index (χ3v) is 4.55. The van der Waals surface area contributed by atoms with Crippen LogP contribution in [0, 0.1) is 0 Å². The summed E-state index contributed by atoms with van der Waals surface area (Å²) in [5, 5.41) is 0. The molecule has 1 unspecified atom stereocenters. The lowest BCUT2D eigenvalue weighted by molar-refractivity contribution is -0.136. The number of hydrogen-bond donors (Lipinski definition) is 0. The van der Waals surface area contributed by atoms with Gasteiger partial charge in [0.05, 0.1) is 13.2 Å². The minimum Gasteiger partial charge on any atom is -0.481 e. The summed E-state index contributed by atoms with van der Waals surface area (Å²) in [4.78, 5) is 20.0. The summed E-state index contributed by atoms with van der Waals surface area (Å²) in [6, 6.07) is 8.12. The van der Waals surface area contributed by atoms with Crippen molar-refractivity contribution in [2.24, 2.45) is 0 Å². The molecular weight excluding hydrogens is 332 g/mol. The SMILES string of the molecule is COc1ncccc1CN1Cc2cccn2CC(OCC(=O)N(C)C)C1. The summed E-state index contributed by atoms with van der Waals surface area (Å²) in [6.45, 7) is 3.10. The Morgan fingerprint density at radius 1 is 1.31 bits per heavy atom. The fourth-order valence-electron chi connectivity index (χ4n) is 3.14. The maximum Gasteiger partial charge on any atom is 0.248 e. The van der Waals surface area contributed by atoms with Gasteiger partial charge in [-0.1, -0.05) is 6.07 Å². The molecule has 0 saturated heterocycles. The van der Waals surface area contributed by atoms with Crippen LogP contribution < -0.4 is 4.74 Å². The van der Waals surface area contributed by atoms with Crippen LogP contribution in [0.3, 0.4) is 0 Å². The molecule has 2 aromatic rings. The molecule has 0 bridgehead atoms. The molecule has 1 atom stereocenters. The van der Waals surface area contributed by atoms with Crippen LogP contribution in [0.25, 0.3) is 0 Å². The average molecular weight is 358 g/mol. The molecule has 0 aliphatic carbocycles. The maximum absolute atomic E-state index is 11.9. The van der Waals surface area contributed by atoms with Gasteiger partial charge in [-0.25, -0.2) is 4.98 Å². The largest absolute Gasteiger partial charge is 0.481 e. The van der Waals surface area contributed by atoms with Crippen LogP contribution >= 0.6 is 0 Å². The van der Waals surface area contributed by atoms with Gasteiger partial charge in [0.15, 0.2) is 0 Å². The van der Waals surface area contributed by atoms with Crippen molar-refractivity contribution in [3.8, 4) is 5.88 Å². The minimum absolute atomic E-state index is 0.0255. The molecule has 0 spiro atoms. The van der Waals surface area contributed by atoms with Crippen LogP contribution in [0.2, 0.25) is 0 Å². The predicted octanol–water partition coefficient (Wildman–Crippen LogP) is 1.38. The van der Waals surface area contributed by atoms with E-state index in [0.717, 1.165) is 25.2 Å². The number of carbonyl (C=O) groups is 1. The standard InChI is InChI=1S/C19H26N4O3/c1-21(2)18(24)14-26-17-12-22(11-16-7-5-9-23(16)13-17)10-15-6-4-8-20-19(15)25-3/h4-9,17H,10-14H2,1-3H3. The first-order valence-electron chi connectivity index (χ1n) is 8.73. The molecule has 0 radical (unpaired) electrons. The molecule has 1 aliphatic rings. The fourth-order valence-corrected chi connectivity index (χ4v) is 3.14. The third-order valence-electron chi connectivity index (χ3n) is 4.55. The van der Waals surface area contributed by atoms with E-state index in [9.17, 15) is 4.79 Å². The molecule has 0 N–H and O–H groups in total. The molecular formula is C19H26N4O3. The van der Waals surface area contributed by atoms with Gasteiger partial charge < -0.3 is 18.9 Å². The zero-order valence-electron chi connectivity index (χ0n) is 15.6. The molecule has 3 heterocycles. The number of amides is 1. The van der Waals surface area contributed by atoms with Gasteiger partial charge in [-0.05, 0) is 18.2 Å². The van der Waals surface area contributed by atoms with E-state index in [0.29, 0.717) is 12.4 Å². The molecule has 7 heteroatoms. The lowest BCUT2D eigenvalue weighted by Crippen LogP contribution is -2.36. The highest BCUT2D eigenvalue weighted by atomic mass is 16.5. The van der Waals surface area contributed by atoms with Gasteiger partial charge in [0.25, 0.3) is 0 Å². The molecule has 0 aromatic carbocycles. The van der Waals surface area contributed by atoms with Gasteiger partial charge >= 0.3 is 0 Å². The van der Waals surface area contributed by atoms with E-state index < -0.39 is 0 Å². The van der Waals surface area contributed by atoms with Gasteiger partial charge in [0.2, 0.25) is 11.8 Å². The number of pyridine rings is 1. The van der Waals surface area contributed by atoms with Crippen molar-refractivity contribution in [3.63, 3.8) is 0 Å². The maximum atomic E-state index is 11.9. The number of hydrogen-bond acceptors (Lipinski definition) is 5. The second kappa shape index (κ2) is 8.33. The number of fused-ring (bicyclic) bond motifs is 1. The van der Waals surface area contributed by atoms with E-state index in [1.807, 2.05) is 18.2 Å². The van der Waals surface area contributed by atoms with Gasteiger partial charge in [-0.3, -0.25) is 9.69 Å². The van der Waals surface area contributed by atoms with E-state index in [4.69, 9.17) is 9.47 Å². The van der Waals surface area contributed by atoms with Crippen molar-refractivity contribution in [1.29, 1.82) is 0 Å². The van der Waals surface area contributed by atoms with Gasteiger partial charge in [0.1, 0.15) is 6.61 Å². The van der Waals surface area contributed by atoms with Crippen LogP contribution in [0.1, 0.15) is 11.3 Å². The van der Waals surface area contributed by atoms with Crippen molar-refractivity contribution in [3.05, 3.63) is 47.9 Å². The second-order valence-electron chi connectivity index (χ2n) is 6.71. The number of likely N-dealkylation sites (N-methyl/N-ethyl adjacent to an activating group) is 1. The number of ether oxygens (including phenoxy) is 2. The van der Waals surface area contributed by atoms with Crippen molar-refractivity contribution in [2.45, 2.75) is 25.7 Å². The molecule has 0 saturated carbocycles. The molecule has 2 aromatic heterocycles. The summed E-state index contributed by atoms with van der Waals surface area (Å²) in [5.74, 6) is 0.620. The Kier molecular flexibility index (Phi) is 5.90. The smallest absolute Gasteiger partial charge is 0.248 e. The number of aromatic nitrogens is 2. The first-order chi connectivity index (χ1) is 12.6. The van der Waals surface area contributed by atoms with E-state index in [-0.39, 0.29) is 18.6 Å². The normalized spacial score (nSPS) is 17.4. The highest BCUT2D eigenvalue weighted by molar-refractivity contribution is 5.76. The number of nitrogens with zero attached hydrogens (tertiary/aromatic N) is 4. The average Bonchev–Trinajstić information content (AvgIpc) is 2.99. The van der Waals surface area contributed by atoms with E-state index >= 15 is 0 Å². The molecule has 1 amide bonds. The Morgan fingerprint density at radius 2 is 2.15 bits per heavy atom. The molecule has 26 heavy (non-hydrogen) atoms. The molecule has 3 rings (SSSR count). The Balaban J connectivity index is 1.74. The summed E-state index contributed by atoms with van der Waals surface area (Å²) in [5.41, 5.74) is 2.27. The van der Waals surface area contributed by atoms with E-state index in [2.05, 4.69) is 26.7 Å². The second-order valence-corrected chi connectivity index (χ2v) is 6.71. The number of methoxy groups -OCH3 is 1. The van der Waals surface area contributed by atoms with E-state index in [1.54, 1.807) is 32.3 Å². The number of carbonyl (C=O) groups excluding carboxylic acids is 1. The van der Waals surface area contributed by atoms with Crippen LogP contribution in [0.5, 0.6) is 5.88 Å². The van der Waals surface area contributed by atoms with Gasteiger partial charge in [0, 0.05) is 63.9 Å². The van der Waals surface area contributed by atoms with Crippen molar-refractivity contribution in [1.82, 2.24) is 19.4 Å². The highest BCUT2D eigenvalue weighted by Crippen LogP contribution is 2.21. The molecule has 0 fully saturated rings.